The third-order valence-corrected chi connectivity index (χ3v) is 6.49. The zero-order valence-electron chi connectivity index (χ0n) is 18.2. The number of benzene rings is 3. The molecule has 0 bridgehead atoms. The molecule has 0 spiro atoms. The lowest BCUT2D eigenvalue weighted by atomic mass is 10.1. The fraction of sp³-hybridized carbons (Fsp3) is 0.0435. The maximum Gasteiger partial charge on any atom is 0.318 e. The molecular weight excluding hydrogens is 530 g/mol. The van der Waals surface area contributed by atoms with E-state index in [1.807, 2.05) is 0 Å². The molecule has 1 saturated heterocycles. The highest BCUT2D eigenvalue weighted by molar-refractivity contribution is 8.27. The van der Waals surface area contributed by atoms with E-state index >= 15 is 0 Å². The second-order valence-corrected chi connectivity index (χ2v) is 9.28. The van der Waals surface area contributed by atoms with Crippen molar-refractivity contribution in [2.75, 3.05) is 12.0 Å². The Morgan fingerprint density at radius 3 is 2.31 bits per heavy atom. The molecule has 0 aromatic heterocycles. The standard InChI is InChI=1S/C23H14ClN3O7S2/c1-33-20-10-13(11-21-22(28)25(23(35)36-21)15-5-3-14(24)4-6-15)2-8-19(20)34-18-9-7-16(26(29)30)12-17(18)27(31)32/h2-12H,1H3/b21-11-. The summed E-state index contributed by atoms with van der Waals surface area (Å²) in [5.74, 6) is -0.126. The van der Waals surface area contributed by atoms with Crippen LogP contribution in [0.3, 0.4) is 0 Å². The second-order valence-electron chi connectivity index (χ2n) is 7.17. The molecule has 1 fully saturated rings. The van der Waals surface area contributed by atoms with Crippen LogP contribution >= 0.6 is 35.6 Å². The quantitative estimate of drug-likeness (QED) is 0.145. The highest BCUT2D eigenvalue weighted by atomic mass is 35.5. The van der Waals surface area contributed by atoms with Crippen molar-refractivity contribution < 1.29 is 24.1 Å². The van der Waals surface area contributed by atoms with Gasteiger partial charge in [0.15, 0.2) is 15.8 Å². The molecule has 0 atom stereocenters. The molecule has 0 saturated carbocycles. The van der Waals surface area contributed by atoms with Crippen LogP contribution in [0.25, 0.3) is 6.08 Å². The normalized spacial score (nSPS) is 14.3. The van der Waals surface area contributed by atoms with Gasteiger partial charge in [0.25, 0.3) is 11.6 Å². The summed E-state index contributed by atoms with van der Waals surface area (Å²) in [6, 6.07) is 14.5. The Bertz CT molecular complexity index is 1440. The van der Waals surface area contributed by atoms with Gasteiger partial charge in [-0.3, -0.25) is 29.9 Å². The van der Waals surface area contributed by atoms with Crippen molar-refractivity contribution in [3.63, 3.8) is 0 Å². The van der Waals surface area contributed by atoms with Crippen LogP contribution < -0.4 is 14.4 Å². The number of thiocarbonyl (C=S) groups is 1. The third kappa shape index (κ3) is 5.15. The lowest BCUT2D eigenvalue weighted by molar-refractivity contribution is -0.394. The Labute approximate surface area is 218 Å². The second kappa shape index (κ2) is 10.3. The van der Waals surface area contributed by atoms with Crippen LogP contribution in [0.5, 0.6) is 17.2 Å². The van der Waals surface area contributed by atoms with Gasteiger partial charge < -0.3 is 9.47 Å². The molecule has 3 aromatic carbocycles. The first kappa shape index (κ1) is 25.1. The predicted octanol–water partition coefficient (Wildman–Crippen LogP) is 6.36. The Balaban J connectivity index is 1.61. The molecule has 0 radical (unpaired) electrons. The smallest absolute Gasteiger partial charge is 0.318 e. The molecule has 0 unspecified atom stereocenters. The van der Waals surface area contributed by atoms with Gasteiger partial charge in [0.2, 0.25) is 5.75 Å². The maximum absolute atomic E-state index is 13.0. The van der Waals surface area contributed by atoms with E-state index in [0.717, 1.165) is 30.0 Å². The zero-order chi connectivity index (χ0) is 26.0. The van der Waals surface area contributed by atoms with Crippen LogP contribution in [-0.2, 0) is 4.79 Å². The number of amides is 1. The molecule has 1 amide bonds. The van der Waals surface area contributed by atoms with Crippen LogP contribution in [0.15, 0.2) is 65.6 Å². The van der Waals surface area contributed by atoms with Crippen molar-refractivity contribution in [2.24, 2.45) is 0 Å². The number of nitro groups is 2. The Morgan fingerprint density at radius 2 is 1.67 bits per heavy atom. The van der Waals surface area contributed by atoms with E-state index in [-0.39, 0.29) is 23.2 Å². The fourth-order valence-corrected chi connectivity index (χ4v) is 4.68. The van der Waals surface area contributed by atoms with Gasteiger partial charge in [-0.2, -0.15) is 0 Å². The minimum atomic E-state index is -0.772. The largest absolute Gasteiger partial charge is 0.493 e. The fourth-order valence-electron chi connectivity index (χ4n) is 3.26. The molecule has 0 N–H and O–H groups in total. The molecule has 13 heteroatoms. The van der Waals surface area contributed by atoms with Gasteiger partial charge in [0, 0.05) is 11.1 Å². The van der Waals surface area contributed by atoms with Gasteiger partial charge in [-0.05, 0) is 54.1 Å². The summed E-state index contributed by atoms with van der Waals surface area (Å²) in [6.45, 7) is 0. The van der Waals surface area contributed by atoms with Gasteiger partial charge in [0.1, 0.15) is 0 Å². The zero-order valence-corrected chi connectivity index (χ0v) is 20.6. The molecule has 182 valence electrons. The third-order valence-electron chi connectivity index (χ3n) is 4.93. The minimum Gasteiger partial charge on any atom is -0.493 e. The van der Waals surface area contributed by atoms with Crippen LogP contribution in [0.4, 0.5) is 17.1 Å². The molecule has 10 nitrogen and oxygen atoms in total. The van der Waals surface area contributed by atoms with Crippen molar-refractivity contribution in [2.45, 2.75) is 0 Å². The summed E-state index contributed by atoms with van der Waals surface area (Å²) in [5, 5.41) is 22.9. The first-order valence-corrected chi connectivity index (χ1v) is 11.6. The first-order valence-electron chi connectivity index (χ1n) is 10.00. The van der Waals surface area contributed by atoms with Gasteiger partial charge in [0.05, 0.1) is 33.6 Å². The Kier molecular flexibility index (Phi) is 7.20. The van der Waals surface area contributed by atoms with E-state index in [4.69, 9.17) is 33.3 Å². The molecular formula is C23H14ClN3O7S2. The number of methoxy groups -OCH3 is 1. The molecule has 0 aliphatic carbocycles. The van der Waals surface area contributed by atoms with Gasteiger partial charge in [-0.15, -0.1) is 0 Å². The summed E-state index contributed by atoms with van der Waals surface area (Å²) < 4.78 is 11.4. The number of hydrogen-bond donors (Lipinski definition) is 0. The number of carbonyl (C=O) groups is 1. The lowest BCUT2D eigenvalue weighted by Gasteiger charge is -2.14. The number of anilines is 1. The van der Waals surface area contributed by atoms with Gasteiger partial charge in [-0.25, -0.2) is 0 Å². The monoisotopic (exact) mass is 543 g/mol. The molecule has 1 heterocycles. The first-order chi connectivity index (χ1) is 17.2. The summed E-state index contributed by atoms with van der Waals surface area (Å²) in [4.78, 5) is 35.6. The summed E-state index contributed by atoms with van der Waals surface area (Å²) in [5.41, 5.74) is 0.179. The summed E-state index contributed by atoms with van der Waals surface area (Å²) in [6.07, 6.45) is 1.63. The SMILES string of the molecule is COc1cc(/C=C2\SC(=S)N(c3ccc(Cl)cc3)C2=O)ccc1Oc1ccc([N+](=O)[O-])cc1[N+](=O)[O-]. The van der Waals surface area contributed by atoms with Crippen LogP contribution in [0, 0.1) is 20.2 Å². The number of ether oxygens (including phenoxy) is 2. The number of hydrogen-bond acceptors (Lipinski definition) is 9. The number of halogens is 1. The van der Waals surface area contributed by atoms with E-state index < -0.39 is 21.2 Å². The van der Waals surface area contributed by atoms with Crippen LogP contribution in [0.2, 0.25) is 5.02 Å². The van der Waals surface area contributed by atoms with E-state index in [0.29, 0.717) is 25.5 Å². The number of carbonyl (C=O) groups excluding carboxylic acids is 1. The van der Waals surface area contributed by atoms with Crippen molar-refractivity contribution in [3.05, 3.63) is 96.4 Å². The Morgan fingerprint density at radius 1 is 0.972 bits per heavy atom. The van der Waals surface area contributed by atoms with Crippen LogP contribution in [-0.4, -0.2) is 27.2 Å². The molecule has 1 aliphatic rings. The number of nitro benzene ring substituents is 2. The van der Waals surface area contributed by atoms with Crippen molar-refractivity contribution in [1.82, 2.24) is 0 Å². The van der Waals surface area contributed by atoms with Gasteiger partial charge >= 0.3 is 5.69 Å². The average molecular weight is 544 g/mol. The van der Waals surface area contributed by atoms with Crippen molar-refractivity contribution >= 4 is 68.9 Å². The lowest BCUT2D eigenvalue weighted by Crippen LogP contribution is -2.27. The van der Waals surface area contributed by atoms with Gasteiger partial charge in [-0.1, -0.05) is 41.6 Å². The van der Waals surface area contributed by atoms with Crippen LogP contribution in [0.1, 0.15) is 5.56 Å². The van der Waals surface area contributed by atoms with E-state index in [1.54, 1.807) is 42.5 Å². The average Bonchev–Trinajstić information content (AvgIpc) is 3.13. The number of rotatable bonds is 7. The number of non-ortho nitro benzene ring substituents is 1. The minimum absolute atomic E-state index is 0.139. The number of nitrogens with zero attached hydrogens (tertiary/aromatic N) is 3. The van der Waals surface area contributed by atoms with E-state index in [2.05, 4.69) is 0 Å². The molecule has 36 heavy (non-hydrogen) atoms. The molecule has 3 aromatic rings. The highest BCUT2D eigenvalue weighted by Crippen LogP contribution is 2.40. The molecule has 4 rings (SSSR count). The highest BCUT2D eigenvalue weighted by Gasteiger charge is 2.33. The maximum atomic E-state index is 13.0. The van der Waals surface area contributed by atoms with Crippen molar-refractivity contribution in [1.29, 1.82) is 0 Å². The topological polar surface area (TPSA) is 125 Å². The Hall–Kier alpha value is -4.00. The summed E-state index contributed by atoms with van der Waals surface area (Å²) >= 11 is 12.4. The number of thioether (sulfide) groups is 1. The van der Waals surface area contributed by atoms with Crippen molar-refractivity contribution in [3.8, 4) is 17.2 Å². The summed E-state index contributed by atoms with van der Waals surface area (Å²) in [7, 11) is 1.39. The van der Waals surface area contributed by atoms with E-state index in [1.165, 1.54) is 18.1 Å². The van der Waals surface area contributed by atoms with E-state index in [9.17, 15) is 25.0 Å². The predicted molar refractivity (Wildman–Crippen MR) is 140 cm³/mol. The molecule has 1 aliphatic heterocycles.